The molecule has 0 unspecified atom stereocenters. The van der Waals surface area contributed by atoms with Crippen molar-refractivity contribution in [3.05, 3.63) is 34.9 Å². The van der Waals surface area contributed by atoms with E-state index in [4.69, 9.17) is 0 Å². The third-order valence-corrected chi connectivity index (χ3v) is 3.28. The summed E-state index contributed by atoms with van der Waals surface area (Å²) in [4.78, 5) is 8.23. The van der Waals surface area contributed by atoms with E-state index < -0.39 is 0 Å². The van der Waals surface area contributed by atoms with Crippen LogP contribution in [0.15, 0.2) is 28.2 Å². The van der Waals surface area contributed by atoms with Crippen LogP contribution >= 0.6 is 0 Å². The van der Waals surface area contributed by atoms with Crippen molar-refractivity contribution >= 4 is 12.6 Å². The molecule has 0 fully saturated rings. The average molecular weight is 258 g/mol. The van der Waals surface area contributed by atoms with Crippen molar-refractivity contribution in [2.24, 2.45) is 9.98 Å². The summed E-state index contributed by atoms with van der Waals surface area (Å²) >= 11 is 0. The predicted octanol–water partition coefficient (Wildman–Crippen LogP) is 4.36. The second-order valence-electron chi connectivity index (χ2n) is 7.00. The van der Waals surface area contributed by atoms with Gasteiger partial charge in [0.1, 0.15) is 0 Å². The van der Waals surface area contributed by atoms with Gasteiger partial charge in [-0.25, -0.2) is 4.99 Å². The highest BCUT2D eigenvalue weighted by Crippen LogP contribution is 2.30. The van der Waals surface area contributed by atoms with Gasteiger partial charge >= 0.3 is 0 Å². The van der Waals surface area contributed by atoms with E-state index in [2.05, 4.69) is 76.4 Å². The van der Waals surface area contributed by atoms with Gasteiger partial charge in [-0.05, 0) is 40.8 Å². The quantitative estimate of drug-likeness (QED) is 0.528. The molecule has 1 aromatic rings. The van der Waals surface area contributed by atoms with E-state index in [0.29, 0.717) is 5.84 Å². The molecular formula is C17H26N2. The van der Waals surface area contributed by atoms with Crippen LogP contribution in [0, 0.1) is 0 Å². The Hall–Kier alpha value is -1.44. The topological polar surface area (TPSA) is 24.7 Å². The fraction of sp³-hybridized carbons (Fsp3) is 0.529. The summed E-state index contributed by atoms with van der Waals surface area (Å²) in [5.74, 6) is 0.705. The molecule has 0 saturated heterocycles. The van der Waals surface area contributed by atoms with Gasteiger partial charge in [0.05, 0.1) is 0 Å². The van der Waals surface area contributed by atoms with Crippen LogP contribution in [-0.2, 0) is 10.8 Å². The molecule has 19 heavy (non-hydrogen) atoms. The summed E-state index contributed by atoms with van der Waals surface area (Å²) in [6, 6.07) is 6.64. The minimum atomic E-state index is 0.107. The average Bonchev–Trinajstić information content (AvgIpc) is 2.28. The molecule has 1 rings (SSSR count). The summed E-state index contributed by atoms with van der Waals surface area (Å²) in [6.07, 6.45) is 0. The van der Waals surface area contributed by atoms with Gasteiger partial charge in [0, 0.05) is 12.6 Å². The highest BCUT2D eigenvalue weighted by atomic mass is 14.9. The summed E-state index contributed by atoms with van der Waals surface area (Å²) in [5.41, 5.74) is 3.88. The summed E-state index contributed by atoms with van der Waals surface area (Å²) in [5, 5.41) is 0. The van der Waals surface area contributed by atoms with Gasteiger partial charge < -0.3 is 0 Å². The zero-order chi connectivity index (χ0) is 14.8. The monoisotopic (exact) mass is 258 g/mol. The highest BCUT2D eigenvalue weighted by Gasteiger charge is 2.21. The lowest BCUT2D eigenvalue weighted by Gasteiger charge is -2.26. The molecule has 0 amide bonds. The van der Waals surface area contributed by atoms with Crippen molar-refractivity contribution in [1.29, 1.82) is 0 Å². The fourth-order valence-corrected chi connectivity index (χ4v) is 1.91. The maximum Gasteiger partial charge on any atom is 0.153 e. The molecule has 2 heteroatoms. The van der Waals surface area contributed by atoms with E-state index in [9.17, 15) is 0 Å². The minimum Gasteiger partial charge on any atom is -0.270 e. The van der Waals surface area contributed by atoms with Gasteiger partial charge in [0.2, 0.25) is 0 Å². The molecule has 0 aliphatic carbocycles. The lowest BCUT2D eigenvalue weighted by atomic mass is 9.79. The van der Waals surface area contributed by atoms with Gasteiger partial charge in [-0.3, -0.25) is 4.99 Å². The zero-order valence-corrected chi connectivity index (χ0v) is 13.3. The number of rotatable bonds is 1. The number of amidine groups is 1. The van der Waals surface area contributed by atoms with Crippen LogP contribution in [-0.4, -0.2) is 19.6 Å². The van der Waals surface area contributed by atoms with Crippen LogP contribution < -0.4 is 0 Å². The Bertz CT molecular complexity index is 465. The molecule has 0 aliphatic heterocycles. The Morgan fingerprint density at radius 1 is 0.895 bits per heavy atom. The molecule has 0 N–H and O–H groups in total. The van der Waals surface area contributed by atoms with Crippen molar-refractivity contribution in [2.75, 3.05) is 7.05 Å². The molecular weight excluding hydrogens is 232 g/mol. The molecule has 104 valence electrons. The molecule has 0 heterocycles. The van der Waals surface area contributed by atoms with Crippen molar-refractivity contribution in [1.82, 2.24) is 0 Å². The second kappa shape index (κ2) is 5.28. The lowest BCUT2D eigenvalue weighted by Crippen LogP contribution is -2.18. The van der Waals surface area contributed by atoms with Gasteiger partial charge in [-0.1, -0.05) is 47.6 Å². The molecule has 0 spiro atoms. The molecule has 1 aromatic carbocycles. The lowest BCUT2D eigenvalue weighted by molar-refractivity contribution is 0.568. The summed E-state index contributed by atoms with van der Waals surface area (Å²) in [6.45, 7) is 17.0. The summed E-state index contributed by atoms with van der Waals surface area (Å²) in [7, 11) is 1.75. The minimum absolute atomic E-state index is 0.107. The standard InChI is InChI=1S/C17H26N2/c1-16(2,3)13-9-12(15(18-7)19-8)10-14(11-13)17(4,5)6/h9-11H,7H2,1-6,8H3. The molecule has 0 aromatic heterocycles. The third-order valence-electron chi connectivity index (χ3n) is 3.28. The highest BCUT2D eigenvalue weighted by molar-refractivity contribution is 6.01. The van der Waals surface area contributed by atoms with Crippen molar-refractivity contribution in [2.45, 2.75) is 52.4 Å². The number of hydrogen-bond donors (Lipinski definition) is 0. The first-order valence-corrected chi connectivity index (χ1v) is 6.69. The Morgan fingerprint density at radius 3 is 1.58 bits per heavy atom. The van der Waals surface area contributed by atoms with E-state index in [1.807, 2.05) is 0 Å². The van der Waals surface area contributed by atoms with Crippen molar-refractivity contribution < 1.29 is 0 Å². The Kier molecular flexibility index (Phi) is 4.34. The van der Waals surface area contributed by atoms with Crippen molar-refractivity contribution in [3.63, 3.8) is 0 Å². The largest absolute Gasteiger partial charge is 0.270 e. The third kappa shape index (κ3) is 3.76. The first-order valence-electron chi connectivity index (χ1n) is 6.69. The maximum atomic E-state index is 4.21. The zero-order valence-electron chi connectivity index (χ0n) is 13.3. The fourth-order valence-electron chi connectivity index (χ4n) is 1.91. The van der Waals surface area contributed by atoms with E-state index in [1.54, 1.807) is 7.05 Å². The molecule has 2 nitrogen and oxygen atoms in total. The van der Waals surface area contributed by atoms with Gasteiger partial charge in [0.25, 0.3) is 0 Å². The number of hydrogen-bond acceptors (Lipinski definition) is 1. The molecule has 0 atom stereocenters. The van der Waals surface area contributed by atoms with Crippen LogP contribution in [0.1, 0.15) is 58.2 Å². The number of aliphatic imine (C=N–C) groups is 2. The van der Waals surface area contributed by atoms with Crippen LogP contribution in [0.25, 0.3) is 0 Å². The van der Waals surface area contributed by atoms with E-state index >= 15 is 0 Å². The molecule has 0 saturated carbocycles. The Morgan fingerprint density at radius 2 is 1.32 bits per heavy atom. The van der Waals surface area contributed by atoms with Crippen molar-refractivity contribution in [3.8, 4) is 0 Å². The Balaban J connectivity index is 3.54. The molecule has 0 radical (unpaired) electrons. The first-order chi connectivity index (χ1) is 8.59. The van der Waals surface area contributed by atoms with Crippen LogP contribution in [0.2, 0.25) is 0 Å². The second-order valence-corrected chi connectivity index (χ2v) is 7.00. The maximum absolute atomic E-state index is 4.21. The normalized spacial score (nSPS) is 13.5. The Labute approximate surface area is 117 Å². The SMILES string of the molecule is C=NC(=NC)c1cc(C(C)(C)C)cc(C(C)(C)C)c1. The van der Waals surface area contributed by atoms with E-state index in [0.717, 1.165) is 5.56 Å². The van der Waals surface area contributed by atoms with Crippen LogP contribution in [0.4, 0.5) is 0 Å². The first kappa shape index (κ1) is 15.6. The van der Waals surface area contributed by atoms with Crippen LogP contribution in [0.3, 0.4) is 0 Å². The number of nitrogens with zero attached hydrogens (tertiary/aromatic N) is 2. The van der Waals surface area contributed by atoms with Gasteiger partial charge in [0.15, 0.2) is 5.84 Å². The smallest absolute Gasteiger partial charge is 0.153 e. The van der Waals surface area contributed by atoms with E-state index in [-0.39, 0.29) is 10.8 Å². The van der Waals surface area contributed by atoms with Crippen LogP contribution in [0.5, 0.6) is 0 Å². The van der Waals surface area contributed by atoms with Gasteiger partial charge in [-0.15, -0.1) is 0 Å². The molecule has 0 aliphatic rings. The molecule has 0 bridgehead atoms. The summed E-state index contributed by atoms with van der Waals surface area (Å²) < 4.78 is 0. The van der Waals surface area contributed by atoms with E-state index in [1.165, 1.54) is 11.1 Å². The predicted molar refractivity (Wildman–Crippen MR) is 85.9 cm³/mol. The van der Waals surface area contributed by atoms with Gasteiger partial charge in [-0.2, -0.15) is 0 Å². The number of benzene rings is 1.